The lowest BCUT2D eigenvalue weighted by molar-refractivity contribution is 0.224. The van der Waals surface area contributed by atoms with Gasteiger partial charge in [0.1, 0.15) is 0 Å². The zero-order valence-electron chi connectivity index (χ0n) is 11.9. The Labute approximate surface area is 111 Å². The van der Waals surface area contributed by atoms with Gasteiger partial charge in [-0.05, 0) is 44.4 Å². The Morgan fingerprint density at radius 2 is 1.89 bits per heavy atom. The minimum Gasteiger partial charge on any atom is -0.310 e. The van der Waals surface area contributed by atoms with E-state index in [4.69, 9.17) is 0 Å². The quantitative estimate of drug-likeness (QED) is 0.795. The normalized spacial score (nSPS) is 15.6. The zero-order valence-corrected chi connectivity index (χ0v) is 11.9. The van der Waals surface area contributed by atoms with Crippen LogP contribution in [0.1, 0.15) is 44.7 Å². The molecular formula is C16H26N2. The number of hydrogen-bond donors (Lipinski definition) is 1. The molecule has 1 aromatic rings. The second-order valence-corrected chi connectivity index (χ2v) is 5.58. The molecule has 0 aliphatic heterocycles. The van der Waals surface area contributed by atoms with E-state index in [2.05, 4.69) is 55.3 Å². The SMILES string of the molecule is CCN(Cc1ccccc1CNC1CC1)C(C)C. The van der Waals surface area contributed by atoms with Gasteiger partial charge >= 0.3 is 0 Å². The highest BCUT2D eigenvalue weighted by Crippen LogP contribution is 2.20. The molecule has 1 aliphatic rings. The fraction of sp³-hybridized carbons (Fsp3) is 0.625. The summed E-state index contributed by atoms with van der Waals surface area (Å²) in [4.78, 5) is 2.51. The van der Waals surface area contributed by atoms with Gasteiger partial charge in [0.15, 0.2) is 0 Å². The third-order valence-electron chi connectivity index (χ3n) is 3.79. The largest absolute Gasteiger partial charge is 0.310 e. The third-order valence-corrected chi connectivity index (χ3v) is 3.79. The van der Waals surface area contributed by atoms with Crippen LogP contribution in [0.5, 0.6) is 0 Å². The summed E-state index contributed by atoms with van der Waals surface area (Å²) < 4.78 is 0. The number of nitrogens with one attached hydrogen (secondary N) is 1. The molecule has 0 bridgehead atoms. The summed E-state index contributed by atoms with van der Waals surface area (Å²) in [6.07, 6.45) is 2.71. The van der Waals surface area contributed by atoms with E-state index in [1.54, 1.807) is 0 Å². The topological polar surface area (TPSA) is 15.3 Å². The standard InChI is InChI=1S/C16H26N2/c1-4-18(13(2)3)12-15-8-6-5-7-14(15)11-17-16-9-10-16/h5-8,13,16-17H,4,9-12H2,1-3H3. The summed E-state index contributed by atoms with van der Waals surface area (Å²) in [6, 6.07) is 10.2. The first-order valence-electron chi connectivity index (χ1n) is 7.25. The molecule has 18 heavy (non-hydrogen) atoms. The highest BCUT2D eigenvalue weighted by atomic mass is 15.1. The molecule has 0 saturated heterocycles. The van der Waals surface area contributed by atoms with Crippen LogP contribution in [0.3, 0.4) is 0 Å². The molecule has 0 atom stereocenters. The third kappa shape index (κ3) is 3.82. The maximum absolute atomic E-state index is 3.62. The van der Waals surface area contributed by atoms with Gasteiger partial charge in [-0.2, -0.15) is 0 Å². The highest BCUT2D eigenvalue weighted by Gasteiger charge is 2.20. The molecular weight excluding hydrogens is 220 g/mol. The van der Waals surface area contributed by atoms with E-state index in [1.165, 1.54) is 24.0 Å². The molecule has 1 N–H and O–H groups in total. The van der Waals surface area contributed by atoms with Crippen LogP contribution in [0.2, 0.25) is 0 Å². The van der Waals surface area contributed by atoms with Crippen LogP contribution < -0.4 is 5.32 Å². The summed E-state index contributed by atoms with van der Waals surface area (Å²) >= 11 is 0. The van der Waals surface area contributed by atoms with E-state index in [9.17, 15) is 0 Å². The van der Waals surface area contributed by atoms with Crippen LogP contribution in [0.25, 0.3) is 0 Å². The van der Waals surface area contributed by atoms with E-state index in [0.717, 1.165) is 25.7 Å². The van der Waals surface area contributed by atoms with Gasteiger partial charge in [-0.15, -0.1) is 0 Å². The Morgan fingerprint density at radius 1 is 1.22 bits per heavy atom. The Kier molecular flexibility index (Phi) is 4.79. The lowest BCUT2D eigenvalue weighted by Gasteiger charge is -2.26. The van der Waals surface area contributed by atoms with Crippen molar-refractivity contribution < 1.29 is 0 Å². The maximum Gasteiger partial charge on any atom is 0.0239 e. The van der Waals surface area contributed by atoms with E-state index < -0.39 is 0 Å². The van der Waals surface area contributed by atoms with Crippen molar-refractivity contribution in [1.29, 1.82) is 0 Å². The van der Waals surface area contributed by atoms with Crippen molar-refractivity contribution in [2.24, 2.45) is 0 Å². The van der Waals surface area contributed by atoms with Gasteiger partial charge < -0.3 is 5.32 Å². The second-order valence-electron chi connectivity index (χ2n) is 5.58. The van der Waals surface area contributed by atoms with Crippen LogP contribution in [0.4, 0.5) is 0 Å². The summed E-state index contributed by atoms with van der Waals surface area (Å²) in [6.45, 7) is 9.99. The molecule has 1 fully saturated rings. The molecule has 0 aromatic heterocycles. The molecule has 100 valence electrons. The van der Waals surface area contributed by atoms with Crippen molar-refractivity contribution in [3.63, 3.8) is 0 Å². The molecule has 2 heteroatoms. The first kappa shape index (κ1) is 13.6. The van der Waals surface area contributed by atoms with Crippen molar-refractivity contribution in [3.05, 3.63) is 35.4 Å². The van der Waals surface area contributed by atoms with Gasteiger partial charge in [0.2, 0.25) is 0 Å². The number of benzene rings is 1. The predicted octanol–water partition coefficient (Wildman–Crippen LogP) is 3.17. The molecule has 0 radical (unpaired) electrons. The molecule has 1 aliphatic carbocycles. The van der Waals surface area contributed by atoms with Crippen molar-refractivity contribution in [2.45, 2.75) is 58.8 Å². The molecule has 2 rings (SSSR count). The van der Waals surface area contributed by atoms with Gasteiger partial charge in [0, 0.05) is 25.2 Å². The summed E-state index contributed by atoms with van der Waals surface area (Å²) in [5, 5.41) is 3.62. The molecule has 0 amide bonds. The first-order valence-corrected chi connectivity index (χ1v) is 7.25. The summed E-state index contributed by atoms with van der Waals surface area (Å²) in [5.74, 6) is 0. The Hall–Kier alpha value is -0.860. The summed E-state index contributed by atoms with van der Waals surface area (Å²) in [5.41, 5.74) is 2.93. The Morgan fingerprint density at radius 3 is 2.44 bits per heavy atom. The molecule has 1 aromatic carbocycles. The van der Waals surface area contributed by atoms with Gasteiger partial charge in [0.05, 0.1) is 0 Å². The molecule has 0 heterocycles. The Bertz CT molecular complexity index is 369. The lowest BCUT2D eigenvalue weighted by atomic mass is 10.1. The number of hydrogen-bond acceptors (Lipinski definition) is 2. The average molecular weight is 246 g/mol. The van der Waals surface area contributed by atoms with E-state index in [0.29, 0.717) is 6.04 Å². The van der Waals surface area contributed by atoms with Crippen LogP contribution in [-0.4, -0.2) is 23.5 Å². The average Bonchev–Trinajstić information content (AvgIpc) is 3.18. The number of nitrogens with zero attached hydrogens (tertiary/aromatic N) is 1. The van der Waals surface area contributed by atoms with Gasteiger partial charge in [-0.25, -0.2) is 0 Å². The monoisotopic (exact) mass is 246 g/mol. The minimum atomic E-state index is 0.611. The second kappa shape index (κ2) is 6.35. The van der Waals surface area contributed by atoms with Gasteiger partial charge in [0.25, 0.3) is 0 Å². The van der Waals surface area contributed by atoms with Crippen molar-refractivity contribution >= 4 is 0 Å². The van der Waals surface area contributed by atoms with Gasteiger partial charge in [-0.1, -0.05) is 31.2 Å². The Balaban J connectivity index is 2.00. The van der Waals surface area contributed by atoms with Crippen molar-refractivity contribution in [1.82, 2.24) is 10.2 Å². The first-order chi connectivity index (χ1) is 8.70. The molecule has 1 saturated carbocycles. The van der Waals surface area contributed by atoms with Gasteiger partial charge in [-0.3, -0.25) is 4.90 Å². The van der Waals surface area contributed by atoms with Crippen LogP contribution >= 0.6 is 0 Å². The molecule has 0 spiro atoms. The fourth-order valence-electron chi connectivity index (χ4n) is 2.30. The smallest absolute Gasteiger partial charge is 0.0239 e. The van der Waals surface area contributed by atoms with Crippen LogP contribution in [-0.2, 0) is 13.1 Å². The van der Waals surface area contributed by atoms with Crippen molar-refractivity contribution in [2.75, 3.05) is 6.54 Å². The predicted molar refractivity (Wildman–Crippen MR) is 77.5 cm³/mol. The minimum absolute atomic E-state index is 0.611. The molecule has 2 nitrogen and oxygen atoms in total. The van der Waals surface area contributed by atoms with E-state index in [1.807, 2.05) is 0 Å². The highest BCUT2D eigenvalue weighted by molar-refractivity contribution is 5.27. The maximum atomic E-state index is 3.62. The zero-order chi connectivity index (χ0) is 13.0. The van der Waals surface area contributed by atoms with Crippen LogP contribution in [0, 0.1) is 0 Å². The molecule has 0 unspecified atom stereocenters. The van der Waals surface area contributed by atoms with Crippen LogP contribution in [0.15, 0.2) is 24.3 Å². The summed E-state index contributed by atoms with van der Waals surface area (Å²) in [7, 11) is 0. The fourth-order valence-corrected chi connectivity index (χ4v) is 2.30. The number of rotatable bonds is 7. The van der Waals surface area contributed by atoms with Crippen molar-refractivity contribution in [3.8, 4) is 0 Å². The lowest BCUT2D eigenvalue weighted by Crippen LogP contribution is -2.30. The van der Waals surface area contributed by atoms with E-state index >= 15 is 0 Å². The van der Waals surface area contributed by atoms with E-state index in [-0.39, 0.29) is 0 Å².